The molecule has 1 rings (SSSR count). The maximum Gasteiger partial charge on any atom is 0.205 e. The van der Waals surface area contributed by atoms with Crippen molar-refractivity contribution in [3.63, 3.8) is 0 Å². The van der Waals surface area contributed by atoms with Gasteiger partial charge in [-0.25, -0.2) is 5.84 Å². The van der Waals surface area contributed by atoms with Crippen molar-refractivity contribution in [3.8, 4) is 0 Å². The summed E-state index contributed by atoms with van der Waals surface area (Å²) in [5, 5.41) is 3.08. The molecule has 0 unspecified atom stereocenters. The van der Waals surface area contributed by atoms with Crippen LogP contribution < -0.4 is 16.6 Å². The van der Waals surface area contributed by atoms with Crippen molar-refractivity contribution in [3.05, 3.63) is 0 Å². The Labute approximate surface area is 103 Å². The fourth-order valence-corrected chi connectivity index (χ4v) is 1.65. The van der Waals surface area contributed by atoms with Crippen molar-refractivity contribution in [1.82, 2.24) is 10.7 Å². The van der Waals surface area contributed by atoms with Crippen molar-refractivity contribution >= 4 is 5.96 Å². The molecular formula is C11H24N4O2. The Morgan fingerprint density at radius 2 is 2.00 bits per heavy atom. The zero-order valence-electron chi connectivity index (χ0n) is 10.8. The fourth-order valence-electron chi connectivity index (χ4n) is 1.65. The lowest BCUT2D eigenvalue weighted by molar-refractivity contribution is 0.174. The van der Waals surface area contributed by atoms with Crippen molar-refractivity contribution in [1.29, 1.82) is 0 Å². The number of methoxy groups -OCH3 is 2. The van der Waals surface area contributed by atoms with Gasteiger partial charge in [0.2, 0.25) is 5.96 Å². The predicted molar refractivity (Wildman–Crippen MR) is 67.7 cm³/mol. The Bertz CT molecular complexity index is 242. The molecule has 0 aromatic rings. The van der Waals surface area contributed by atoms with Gasteiger partial charge in [-0.15, -0.1) is 0 Å². The largest absolute Gasteiger partial charge is 0.385 e. The molecule has 17 heavy (non-hydrogen) atoms. The van der Waals surface area contributed by atoms with Crippen molar-refractivity contribution in [2.75, 3.05) is 40.5 Å². The van der Waals surface area contributed by atoms with Crippen molar-refractivity contribution < 1.29 is 9.47 Å². The Morgan fingerprint density at radius 1 is 1.29 bits per heavy atom. The van der Waals surface area contributed by atoms with E-state index in [-0.39, 0.29) is 0 Å². The number of guanidine groups is 1. The number of ether oxygens (including phenoxy) is 2. The lowest BCUT2D eigenvalue weighted by atomic mass is 10.0. The zero-order valence-corrected chi connectivity index (χ0v) is 10.8. The second-order valence-electron chi connectivity index (χ2n) is 4.47. The van der Waals surface area contributed by atoms with Gasteiger partial charge in [0.05, 0.1) is 6.61 Å². The average molecular weight is 244 g/mol. The van der Waals surface area contributed by atoms with Crippen LogP contribution in [0.25, 0.3) is 0 Å². The second-order valence-corrected chi connectivity index (χ2v) is 4.47. The van der Waals surface area contributed by atoms with Gasteiger partial charge in [0, 0.05) is 33.9 Å². The van der Waals surface area contributed by atoms with E-state index < -0.39 is 0 Å². The third-order valence-electron chi connectivity index (χ3n) is 3.10. The van der Waals surface area contributed by atoms with E-state index in [0.717, 1.165) is 19.6 Å². The third-order valence-corrected chi connectivity index (χ3v) is 3.10. The molecule has 0 radical (unpaired) electrons. The Kier molecular flexibility index (Phi) is 6.25. The van der Waals surface area contributed by atoms with Crippen LogP contribution in [0.2, 0.25) is 0 Å². The number of nitrogens with one attached hydrogen (secondary N) is 2. The van der Waals surface area contributed by atoms with E-state index in [0.29, 0.717) is 24.5 Å². The van der Waals surface area contributed by atoms with Crippen LogP contribution >= 0.6 is 0 Å². The molecule has 0 amide bonds. The highest BCUT2D eigenvalue weighted by Crippen LogP contribution is 2.48. The summed E-state index contributed by atoms with van der Waals surface area (Å²) in [6.45, 7) is 2.94. The lowest BCUT2D eigenvalue weighted by Crippen LogP contribution is -2.43. The van der Waals surface area contributed by atoms with Gasteiger partial charge in [-0.05, 0) is 24.7 Å². The van der Waals surface area contributed by atoms with Crippen LogP contribution in [-0.4, -0.2) is 46.5 Å². The van der Waals surface area contributed by atoms with E-state index in [1.165, 1.54) is 12.8 Å². The first-order chi connectivity index (χ1) is 8.26. The first-order valence-corrected chi connectivity index (χ1v) is 5.99. The first-order valence-electron chi connectivity index (χ1n) is 5.99. The van der Waals surface area contributed by atoms with Gasteiger partial charge in [0.25, 0.3) is 0 Å². The third kappa shape index (κ3) is 5.34. The summed E-state index contributed by atoms with van der Waals surface area (Å²) in [5.74, 6) is 6.03. The molecular weight excluding hydrogens is 220 g/mol. The number of nitrogens with two attached hydrogens (primary N) is 1. The van der Waals surface area contributed by atoms with Gasteiger partial charge in [0.15, 0.2) is 0 Å². The van der Waals surface area contributed by atoms with Crippen LogP contribution in [-0.2, 0) is 9.47 Å². The van der Waals surface area contributed by atoms with E-state index in [2.05, 4.69) is 15.7 Å². The number of rotatable bonds is 8. The highest BCUT2D eigenvalue weighted by molar-refractivity contribution is 5.79. The van der Waals surface area contributed by atoms with E-state index in [9.17, 15) is 0 Å². The lowest BCUT2D eigenvalue weighted by Gasteiger charge is -2.13. The van der Waals surface area contributed by atoms with E-state index in [1.807, 2.05) is 0 Å². The van der Waals surface area contributed by atoms with E-state index in [4.69, 9.17) is 15.3 Å². The van der Waals surface area contributed by atoms with Crippen LogP contribution in [0.1, 0.15) is 19.3 Å². The number of hydrazine groups is 1. The summed E-state index contributed by atoms with van der Waals surface area (Å²) >= 11 is 0. The maximum absolute atomic E-state index is 5.40. The summed E-state index contributed by atoms with van der Waals surface area (Å²) in [4.78, 5) is 4.46. The van der Waals surface area contributed by atoms with Gasteiger partial charge < -0.3 is 14.8 Å². The van der Waals surface area contributed by atoms with Crippen LogP contribution in [0, 0.1) is 5.41 Å². The van der Waals surface area contributed by atoms with Gasteiger partial charge in [-0.1, -0.05) is 0 Å². The number of hydrogen-bond acceptors (Lipinski definition) is 4. The van der Waals surface area contributed by atoms with Crippen molar-refractivity contribution in [2.24, 2.45) is 16.3 Å². The summed E-state index contributed by atoms with van der Waals surface area (Å²) in [5.41, 5.74) is 2.92. The minimum atomic E-state index is 0.348. The first kappa shape index (κ1) is 14.2. The van der Waals surface area contributed by atoms with Crippen LogP contribution in [0.3, 0.4) is 0 Å². The summed E-state index contributed by atoms with van der Waals surface area (Å²) in [6.07, 6.45) is 3.54. The minimum absolute atomic E-state index is 0.348. The molecule has 1 saturated carbocycles. The smallest absolute Gasteiger partial charge is 0.205 e. The number of hydrogen-bond donors (Lipinski definition) is 3. The molecule has 0 heterocycles. The van der Waals surface area contributed by atoms with Gasteiger partial charge in [-0.3, -0.25) is 10.4 Å². The fraction of sp³-hybridized carbons (Fsp3) is 0.909. The van der Waals surface area contributed by atoms with Crippen molar-refractivity contribution in [2.45, 2.75) is 19.3 Å². The average Bonchev–Trinajstić information content (AvgIpc) is 3.12. The highest BCUT2D eigenvalue weighted by atomic mass is 16.5. The second kappa shape index (κ2) is 7.47. The SMILES string of the molecule is COCCNC(=NCC1(CCOC)CC1)NN. The molecule has 6 heteroatoms. The molecule has 0 saturated heterocycles. The molecule has 1 fully saturated rings. The molecule has 4 N–H and O–H groups in total. The molecule has 0 atom stereocenters. The number of aliphatic imine (C=N–C) groups is 1. The van der Waals surface area contributed by atoms with Crippen LogP contribution in [0.5, 0.6) is 0 Å². The normalized spacial score (nSPS) is 17.9. The van der Waals surface area contributed by atoms with E-state index in [1.54, 1.807) is 14.2 Å². The molecule has 0 aromatic carbocycles. The van der Waals surface area contributed by atoms with Crippen LogP contribution in [0.15, 0.2) is 4.99 Å². The summed E-state index contributed by atoms with van der Waals surface area (Å²) in [7, 11) is 3.40. The maximum atomic E-state index is 5.40. The van der Waals surface area contributed by atoms with Gasteiger partial charge in [0.1, 0.15) is 0 Å². The number of nitrogens with zero attached hydrogens (tertiary/aromatic N) is 1. The van der Waals surface area contributed by atoms with Gasteiger partial charge >= 0.3 is 0 Å². The Hall–Kier alpha value is -0.850. The molecule has 1 aliphatic carbocycles. The van der Waals surface area contributed by atoms with Crippen LogP contribution in [0.4, 0.5) is 0 Å². The Morgan fingerprint density at radius 3 is 2.53 bits per heavy atom. The van der Waals surface area contributed by atoms with E-state index >= 15 is 0 Å². The molecule has 6 nitrogen and oxygen atoms in total. The van der Waals surface area contributed by atoms with Gasteiger partial charge in [-0.2, -0.15) is 0 Å². The topological polar surface area (TPSA) is 80.9 Å². The zero-order chi connectivity index (χ0) is 12.6. The molecule has 0 aliphatic heterocycles. The standard InChI is InChI=1S/C11H24N4O2/c1-16-7-5-11(3-4-11)9-14-10(15-12)13-6-8-17-2/h3-9,12H2,1-2H3,(H2,13,14,15). The quantitative estimate of drug-likeness (QED) is 0.182. The minimum Gasteiger partial charge on any atom is -0.385 e. The highest BCUT2D eigenvalue weighted by Gasteiger charge is 2.41. The molecule has 100 valence electrons. The predicted octanol–water partition coefficient (Wildman–Crippen LogP) is -0.142. The molecule has 0 bridgehead atoms. The monoisotopic (exact) mass is 244 g/mol. The summed E-state index contributed by atoms with van der Waals surface area (Å²) < 4.78 is 10.1. The summed E-state index contributed by atoms with van der Waals surface area (Å²) in [6, 6.07) is 0. The Balaban J connectivity index is 2.28. The molecule has 0 spiro atoms. The molecule has 1 aliphatic rings. The molecule has 0 aromatic heterocycles.